The fraction of sp³-hybridized carbons (Fsp3) is 0.316. The van der Waals surface area contributed by atoms with Gasteiger partial charge in [-0.15, -0.1) is 0 Å². The first-order chi connectivity index (χ1) is 12.7. The molecule has 0 aliphatic carbocycles. The predicted molar refractivity (Wildman–Crippen MR) is 107 cm³/mol. The molecule has 2 heterocycles. The second-order valence-electron chi connectivity index (χ2n) is 7.04. The van der Waals surface area contributed by atoms with Crippen LogP contribution in [0.15, 0.2) is 52.2 Å². The molecule has 4 rings (SSSR count). The molecular weight excluding hydrogens is 364 g/mol. The molecule has 0 saturated carbocycles. The van der Waals surface area contributed by atoms with Crippen LogP contribution in [0.1, 0.15) is 13.8 Å². The molecule has 1 N–H and O–H groups in total. The molecule has 1 aromatic heterocycles. The van der Waals surface area contributed by atoms with Gasteiger partial charge in [0.1, 0.15) is 0 Å². The van der Waals surface area contributed by atoms with Crippen LogP contribution in [-0.4, -0.2) is 29.6 Å². The van der Waals surface area contributed by atoms with Crippen LogP contribution in [0.25, 0.3) is 11.0 Å². The molecule has 8 heteroatoms. The van der Waals surface area contributed by atoms with Gasteiger partial charge in [-0.3, -0.25) is 13.4 Å². The molecule has 0 fully saturated rings. The smallest absolute Gasteiger partial charge is 0.328 e. The molecule has 1 aliphatic rings. The van der Waals surface area contributed by atoms with Crippen molar-refractivity contribution < 1.29 is 8.42 Å². The zero-order valence-corrected chi connectivity index (χ0v) is 16.5. The van der Waals surface area contributed by atoms with Crippen LogP contribution in [0, 0.1) is 0 Å². The maximum absolute atomic E-state index is 13.6. The molecule has 3 aromatic rings. The Balaban J connectivity index is 1.92. The van der Waals surface area contributed by atoms with Gasteiger partial charge in [0.05, 0.1) is 33.3 Å². The number of nitrogens with zero attached hydrogens (tertiary/aromatic N) is 3. The molecular formula is C19H22N4O3S. The highest BCUT2D eigenvalue weighted by Gasteiger charge is 2.37. The fourth-order valence-electron chi connectivity index (χ4n) is 3.69. The standard InChI is InChI=1S/C19H22N4O3S/c1-12-13(2)23(16-8-6-5-7-15(16)20-12)27(25,26)14-9-10-17-18(11-14)22(4)19(24)21(17)3/h5-13,20H,1-4H3/t12-,13-/m1/s1. The first-order valence-electron chi connectivity index (χ1n) is 8.79. The molecule has 27 heavy (non-hydrogen) atoms. The summed E-state index contributed by atoms with van der Waals surface area (Å²) in [6.07, 6.45) is 0. The maximum Gasteiger partial charge on any atom is 0.328 e. The van der Waals surface area contributed by atoms with Crippen molar-refractivity contribution in [1.29, 1.82) is 0 Å². The summed E-state index contributed by atoms with van der Waals surface area (Å²) >= 11 is 0. The van der Waals surface area contributed by atoms with E-state index < -0.39 is 10.0 Å². The average molecular weight is 386 g/mol. The summed E-state index contributed by atoms with van der Waals surface area (Å²) in [6.45, 7) is 3.86. The summed E-state index contributed by atoms with van der Waals surface area (Å²) in [4.78, 5) is 12.3. The molecule has 2 aromatic carbocycles. The number of fused-ring (bicyclic) bond motifs is 2. The number of sulfonamides is 1. The number of aryl methyl sites for hydroxylation is 2. The van der Waals surface area contributed by atoms with E-state index in [9.17, 15) is 13.2 Å². The van der Waals surface area contributed by atoms with Crippen molar-refractivity contribution in [1.82, 2.24) is 9.13 Å². The summed E-state index contributed by atoms with van der Waals surface area (Å²) in [5.41, 5.74) is 2.52. The van der Waals surface area contributed by atoms with E-state index in [-0.39, 0.29) is 22.7 Å². The van der Waals surface area contributed by atoms with Crippen LogP contribution < -0.4 is 15.3 Å². The topological polar surface area (TPSA) is 76.3 Å². The lowest BCUT2D eigenvalue weighted by Gasteiger charge is -2.40. The van der Waals surface area contributed by atoms with Crippen molar-refractivity contribution in [3.8, 4) is 0 Å². The fourth-order valence-corrected chi connectivity index (χ4v) is 5.45. The second kappa shape index (κ2) is 5.88. The first kappa shape index (κ1) is 17.7. The molecule has 0 amide bonds. The molecule has 2 atom stereocenters. The Bertz CT molecular complexity index is 1210. The number of rotatable bonds is 2. The predicted octanol–water partition coefficient (Wildman–Crippen LogP) is 2.27. The largest absolute Gasteiger partial charge is 0.379 e. The van der Waals surface area contributed by atoms with Crippen molar-refractivity contribution in [2.75, 3.05) is 9.62 Å². The Hall–Kier alpha value is -2.74. The van der Waals surface area contributed by atoms with Crippen molar-refractivity contribution in [3.05, 3.63) is 52.9 Å². The number of anilines is 2. The van der Waals surface area contributed by atoms with E-state index in [4.69, 9.17) is 0 Å². The number of imidazole rings is 1. The summed E-state index contributed by atoms with van der Waals surface area (Å²) < 4.78 is 31.6. The van der Waals surface area contributed by atoms with E-state index in [1.54, 1.807) is 38.4 Å². The number of aromatic nitrogens is 2. The zero-order valence-electron chi connectivity index (χ0n) is 15.7. The minimum Gasteiger partial charge on any atom is -0.379 e. The molecule has 0 radical (unpaired) electrons. The Labute approximate surface area is 157 Å². The Morgan fingerprint density at radius 2 is 1.63 bits per heavy atom. The lowest BCUT2D eigenvalue weighted by atomic mass is 10.1. The molecule has 1 aliphatic heterocycles. The highest BCUT2D eigenvalue weighted by atomic mass is 32.2. The van der Waals surface area contributed by atoms with Gasteiger partial charge in [0.2, 0.25) is 0 Å². The summed E-state index contributed by atoms with van der Waals surface area (Å²) in [5, 5.41) is 3.36. The van der Waals surface area contributed by atoms with E-state index >= 15 is 0 Å². The zero-order chi connectivity index (χ0) is 19.5. The van der Waals surface area contributed by atoms with Gasteiger partial charge in [0.25, 0.3) is 10.0 Å². The van der Waals surface area contributed by atoms with Crippen LogP contribution in [0.5, 0.6) is 0 Å². The average Bonchev–Trinajstić information content (AvgIpc) is 2.86. The lowest BCUT2D eigenvalue weighted by molar-refractivity contribution is 0.559. The van der Waals surface area contributed by atoms with E-state index in [0.717, 1.165) is 5.69 Å². The summed E-state index contributed by atoms with van der Waals surface area (Å²) in [6, 6.07) is 11.9. The van der Waals surface area contributed by atoms with Crippen molar-refractivity contribution in [3.63, 3.8) is 0 Å². The van der Waals surface area contributed by atoms with Crippen molar-refractivity contribution in [2.45, 2.75) is 30.8 Å². The van der Waals surface area contributed by atoms with Gasteiger partial charge in [-0.05, 0) is 44.2 Å². The number of hydrogen-bond acceptors (Lipinski definition) is 4. The van der Waals surface area contributed by atoms with Crippen LogP contribution in [0.3, 0.4) is 0 Å². The van der Waals surface area contributed by atoms with Crippen LogP contribution in [0.4, 0.5) is 11.4 Å². The molecule has 0 saturated heterocycles. The van der Waals surface area contributed by atoms with Crippen LogP contribution in [-0.2, 0) is 24.1 Å². The molecule has 0 unspecified atom stereocenters. The normalized spacial score (nSPS) is 19.8. The number of nitrogens with one attached hydrogen (secondary N) is 1. The van der Waals surface area contributed by atoms with Gasteiger partial charge in [0, 0.05) is 20.1 Å². The Kier molecular flexibility index (Phi) is 3.85. The Morgan fingerprint density at radius 1 is 0.963 bits per heavy atom. The van der Waals surface area contributed by atoms with Gasteiger partial charge in [0.15, 0.2) is 0 Å². The third-order valence-corrected chi connectivity index (χ3v) is 7.32. The van der Waals surface area contributed by atoms with Gasteiger partial charge in [-0.25, -0.2) is 13.2 Å². The minimum absolute atomic E-state index is 0.0421. The molecule has 142 valence electrons. The first-order valence-corrected chi connectivity index (χ1v) is 10.2. The van der Waals surface area contributed by atoms with Crippen molar-refractivity contribution in [2.24, 2.45) is 14.1 Å². The van der Waals surface area contributed by atoms with E-state index in [1.807, 2.05) is 32.0 Å². The molecule has 0 spiro atoms. The SMILES string of the molecule is C[C@@H]1[C@@H](C)Nc2ccccc2N1S(=O)(=O)c1ccc2c(c1)n(C)c(=O)n2C. The minimum atomic E-state index is -3.80. The third kappa shape index (κ3) is 2.47. The third-order valence-electron chi connectivity index (χ3n) is 5.42. The van der Waals surface area contributed by atoms with Gasteiger partial charge in [-0.1, -0.05) is 12.1 Å². The van der Waals surface area contributed by atoms with Gasteiger partial charge in [-0.2, -0.15) is 0 Å². The number of para-hydroxylation sites is 2. The van der Waals surface area contributed by atoms with Crippen LogP contribution in [0.2, 0.25) is 0 Å². The quantitative estimate of drug-likeness (QED) is 0.733. The lowest BCUT2D eigenvalue weighted by Crippen LogP contribution is -2.50. The molecule has 7 nitrogen and oxygen atoms in total. The number of hydrogen-bond donors (Lipinski definition) is 1. The Morgan fingerprint density at radius 3 is 2.37 bits per heavy atom. The molecule has 0 bridgehead atoms. The highest BCUT2D eigenvalue weighted by Crippen LogP contribution is 2.38. The van der Waals surface area contributed by atoms with E-state index in [1.165, 1.54) is 13.4 Å². The van der Waals surface area contributed by atoms with Crippen LogP contribution >= 0.6 is 0 Å². The van der Waals surface area contributed by atoms with Gasteiger partial charge < -0.3 is 5.32 Å². The highest BCUT2D eigenvalue weighted by molar-refractivity contribution is 7.92. The summed E-state index contributed by atoms with van der Waals surface area (Å²) in [7, 11) is -0.480. The summed E-state index contributed by atoms with van der Waals surface area (Å²) in [5.74, 6) is 0. The van der Waals surface area contributed by atoms with E-state index in [0.29, 0.717) is 16.7 Å². The maximum atomic E-state index is 13.6. The van der Waals surface area contributed by atoms with E-state index in [2.05, 4.69) is 5.32 Å². The van der Waals surface area contributed by atoms with Gasteiger partial charge >= 0.3 is 5.69 Å². The van der Waals surface area contributed by atoms with Crippen molar-refractivity contribution >= 4 is 32.4 Å². The monoisotopic (exact) mass is 386 g/mol. The second-order valence-corrected chi connectivity index (χ2v) is 8.86. The number of benzene rings is 2.